The molecule has 0 aliphatic heterocycles. The van der Waals surface area contributed by atoms with Gasteiger partial charge >= 0.3 is 6.03 Å². The van der Waals surface area contributed by atoms with Crippen molar-refractivity contribution in [2.24, 2.45) is 12.8 Å². The van der Waals surface area contributed by atoms with E-state index in [-0.39, 0.29) is 0 Å². The van der Waals surface area contributed by atoms with Gasteiger partial charge in [0.2, 0.25) is 0 Å². The lowest BCUT2D eigenvalue weighted by Gasteiger charge is -2.06. The number of amides is 2. The van der Waals surface area contributed by atoms with Gasteiger partial charge in [-0.25, -0.2) is 4.79 Å². The molecule has 18 heavy (non-hydrogen) atoms. The van der Waals surface area contributed by atoms with Crippen LogP contribution in [-0.2, 0) is 13.6 Å². The molecule has 0 atom stereocenters. The first kappa shape index (κ1) is 11.9. The lowest BCUT2D eigenvalue weighted by Crippen LogP contribution is -2.19. The van der Waals surface area contributed by atoms with Gasteiger partial charge in [0.25, 0.3) is 0 Å². The number of rotatable bonds is 4. The van der Waals surface area contributed by atoms with E-state index in [2.05, 4.69) is 20.9 Å². The van der Waals surface area contributed by atoms with Crippen molar-refractivity contribution < 1.29 is 4.79 Å². The summed E-state index contributed by atoms with van der Waals surface area (Å²) in [6, 6.07) is 6.66. The van der Waals surface area contributed by atoms with E-state index in [1.165, 1.54) is 0 Å². The van der Waals surface area contributed by atoms with Gasteiger partial charge in [0, 0.05) is 24.6 Å². The van der Waals surface area contributed by atoms with E-state index < -0.39 is 6.03 Å². The molecule has 2 amide bonds. The van der Waals surface area contributed by atoms with E-state index in [0.717, 1.165) is 11.4 Å². The number of anilines is 2. The summed E-state index contributed by atoms with van der Waals surface area (Å²) in [5.41, 5.74) is 7.46. The van der Waals surface area contributed by atoms with Crippen LogP contribution in [0.1, 0.15) is 5.69 Å². The van der Waals surface area contributed by atoms with Crippen molar-refractivity contribution in [3.8, 4) is 0 Å². The summed E-state index contributed by atoms with van der Waals surface area (Å²) in [7, 11) is 1.82. The molecule has 0 aliphatic rings. The van der Waals surface area contributed by atoms with Crippen molar-refractivity contribution in [1.82, 2.24) is 15.0 Å². The van der Waals surface area contributed by atoms with Crippen molar-refractivity contribution in [1.29, 1.82) is 0 Å². The quantitative estimate of drug-likeness (QED) is 0.747. The van der Waals surface area contributed by atoms with E-state index in [1.807, 2.05) is 25.4 Å². The van der Waals surface area contributed by atoms with Gasteiger partial charge in [-0.05, 0) is 24.3 Å². The number of aromatic nitrogens is 3. The molecule has 1 aromatic heterocycles. The molecule has 0 radical (unpaired) electrons. The summed E-state index contributed by atoms with van der Waals surface area (Å²) in [4.78, 5) is 10.6. The molecule has 2 rings (SSSR count). The average molecular weight is 246 g/mol. The van der Waals surface area contributed by atoms with Crippen molar-refractivity contribution in [3.05, 3.63) is 36.2 Å². The Morgan fingerprint density at radius 2 is 2.00 bits per heavy atom. The minimum atomic E-state index is -0.574. The lowest BCUT2D eigenvalue weighted by atomic mass is 10.2. The van der Waals surface area contributed by atoms with Crippen LogP contribution in [0.25, 0.3) is 0 Å². The fourth-order valence-electron chi connectivity index (χ4n) is 1.48. The van der Waals surface area contributed by atoms with E-state index >= 15 is 0 Å². The van der Waals surface area contributed by atoms with Crippen molar-refractivity contribution >= 4 is 17.4 Å². The molecule has 1 heterocycles. The number of primary amides is 1. The zero-order valence-electron chi connectivity index (χ0n) is 9.92. The molecule has 4 N–H and O–H groups in total. The van der Waals surface area contributed by atoms with Crippen LogP contribution in [-0.4, -0.2) is 21.0 Å². The minimum Gasteiger partial charge on any atom is -0.379 e. The molecule has 0 bridgehead atoms. The Bertz CT molecular complexity index is 533. The maximum Gasteiger partial charge on any atom is 0.316 e. The number of hydrogen-bond donors (Lipinski definition) is 3. The van der Waals surface area contributed by atoms with Crippen LogP contribution >= 0.6 is 0 Å². The van der Waals surface area contributed by atoms with Gasteiger partial charge in [0.05, 0.1) is 6.54 Å². The molecule has 0 spiro atoms. The maximum atomic E-state index is 10.6. The molecular formula is C11H14N6O. The van der Waals surface area contributed by atoms with Gasteiger partial charge < -0.3 is 16.4 Å². The second-order valence-corrected chi connectivity index (χ2v) is 3.80. The average Bonchev–Trinajstić information content (AvgIpc) is 2.74. The monoisotopic (exact) mass is 246 g/mol. The fourth-order valence-corrected chi connectivity index (χ4v) is 1.48. The number of nitrogens with two attached hydrogens (primary N) is 1. The van der Waals surface area contributed by atoms with Crippen LogP contribution in [0.15, 0.2) is 30.5 Å². The van der Waals surface area contributed by atoms with E-state index in [4.69, 9.17) is 5.73 Å². The lowest BCUT2D eigenvalue weighted by molar-refractivity contribution is 0.259. The number of hydrogen-bond acceptors (Lipinski definition) is 4. The molecule has 2 aromatic rings. The number of carbonyl (C=O) groups is 1. The highest BCUT2D eigenvalue weighted by Gasteiger charge is 1.99. The Kier molecular flexibility index (Phi) is 3.42. The molecule has 1 aromatic carbocycles. The molecule has 0 saturated carbocycles. The van der Waals surface area contributed by atoms with Crippen molar-refractivity contribution in [3.63, 3.8) is 0 Å². The standard InChI is InChI=1S/C11H14N6O/c1-17-7-10(15-16-17)6-13-8-2-4-9(5-3-8)14-11(12)18/h2-5,7,13H,6H2,1H3,(H3,12,14,18). The maximum absolute atomic E-state index is 10.6. The summed E-state index contributed by atoms with van der Waals surface area (Å²) < 4.78 is 1.65. The Hall–Kier alpha value is -2.57. The first-order chi connectivity index (χ1) is 8.63. The van der Waals surface area contributed by atoms with Gasteiger partial charge in [-0.1, -0.05) is 5.21 Å². The van der Waals surface area contributed by atoms with Gasteiger partial charge in [-0.15, -0.1) is 5.10 Å². The Balaban J connectivity index is 1.92. The van der Waals surface area contributed by atoms with Gasteiger partial charge in [0.15, 0.2) is 0 Å². The van der Waals surface area contributed by atoms with Crippen LogP contribution < -0.4 is 16.4 Å². The topological polar surface area (TPSA) is 97.9 Å². The zero-order chi connectivity index (χ0) is 13.0. The number of benzene rings is 1. The Morgan fingerprint density at radius 3 is 2.56 bits per heavy atom. The molecule has 7 nitrogen and oxygen atoms in total. The minimum absolute atomic E-state index is 0.574. The molecule has 94 valence electrons. The number of carbonyl (C=O) groups excluding carboxylic acids is 1. The van der Waals surface area contributed by atoms with E-state index in [9.17, 15) is 4.79 Å². The van der Waals surface area contributed by atoms with Gasteiger partial charge in [-0.2, -0.15) is 0 Å². The largest absolute Gasteiger partial charge is 0.379 e. The summed E-state index contributed by atoms with van der Waals surface area (Å²) in [5, 5.41) is 13.5. The normalized spacial score (nSPS) is 10.1. The Labute approximate surface area is 104 Å². The van der Waals surface area contributed by atoms with E-state index in [0.29, 0.717) is 12.2 Å². The zero-order valence-corrected chi connectivity index (χ0v) is 9.92. The summed E-state index contributed by atoms with van der Waals surface area (Å²) in [5.74, 6) is 0. The van der Waals surface area contributed by atoms with Crippen molar-refractivity contribution in [2.45, 2.75) is 6.54 Å². The Morgan fingerprint density at radius 1 is 1.33 bits per heavy atom. The van der Waals surface area contributed by atoms with Crippen LogP contribution in [0, 0.1) is 0 Å². The van der Waals surface area contributed by atoms with Gasteiger partial charge in [0.1, 0.15) is 5.69 Å². The van der Waals surface area contributed by atoms with E-state index in [1.54, 1.807) is 16.8 Å². The molecular weight excluding hydrogens is 232 g/mol. The highest BCUT2D eigenvalue weighted by molar-refractivity contribution is 5.87. The predicted molar refractivity (Wildman–Crippen MR) is 68.0 cm³/mol. The number of aryl methyl sites for hydroxylation is 1. The first-order valence-electron chi connectivity index (χ1n) is 5.39. The number of urea groups is 1. The molecule has 0 fully saturated rings. The smallest absolute Gasteiger partial charge is 0.316 e. The molecule has 0 saturated heterocycles. The summed E-state index contributed by atoms with van der Waals surface area (Å²) in [6.45, 7) is 0.594. The van der Waals surface area contributed by atoms with Crippen LogP contribution in [0.3, 0.4) is 0 Å². The highest BCUT2D eigenvalue weighted by Crippen LogP contribution is 2.13. The summed E-state index contributed by atoms with van der Waals surface area (Å²) in [6.07, 6.45) is 1.84. The number of nitrogens with zero attached hydrogens (tertiary/aromatic N) is 3. The molecule has 0 unspecified atom stereocenters. The third-order valence-electron chi connectivity index (χ3n) is 2.28. The van der Waals surface area contributed by atoms with Crippen LogP contribution in [0.4, 0.5) is 16.2 Å². The second kappa shape index (κ2) is 5.17. The highest BCUT2D eigenvalue weighted by atomic mass is 16.2. The summed E-state index contributed by atoms with van der Waals surface area (Å²) >= 11 is 0. The molecule has 0 aliphatic carbocycles. The molecule has 7 heteroatoms. The third-order valence-corrected chi connectivity index (χ3v) is 2.28. The van der Waals surface area contributed by atoms with Crippen molar-refractivity contribution in [2.75, 3.05) is 10.6 Å². The van der Waals surface area contributed by atoms with Gasteiger partial charge in [-0.3, -0.25) is 4.68 Å². The second-order valence-electron chi connectivity index (χ2n) is 3.80. The number of nitrogens with one attached hydrogen (secondary N) is 2. The van der Waals surface area contributed by atoms with Crippen LogP contribution in [0.5, 0.6) is 0 Å². The SMILES string of the molecule is Cn1cc(CNc2ccc(NC(N)=O)cc2)nn1. The predicted octanol–water partition coefficient (Wildman–Crippen LogP) is 0.918. The third kappa shape index (κ3) is 3.21. The first-order valence-corrected chi connectivity index (χ1v) is 5.39. The van der Waals surface area contributed by atoms with Crippen LogP contribution in [0.2, 0.25) is 0 Å². The fraction of sp³-hybridized carbons (Fsp3) is 0.182.